The zero-order valence-corrected chi connectivity index (χ0v) is 20.1. The fourth-order valence-corrected chi connectivity index (χ4v) is 4.26. The average Bonchev–Trinajstić information content (AvgIpc) is 3.29. The summed E-state index contributed by atoms with van der Waals surface area (Å²) in [5.41, 5.74) is 8.97. The van der Waals surface area contributed by atoms with Crippen LogP contribution in [-0.2, 0) is 0 Å². The monoisotopic (exact) mass is 467 g/mol. The van der Waals surface area contributed by atoms with E-state index in [1.54, 1.807) is 6.20 Å². The molecule has 31 heavy (non-hydrogen) atoms. The minimum Gasteiger partial charge on any atom is -0.466 e. The highest BCUT2D eigenvalue weighted by Crippen LogP contribution is 2.31. The van der Waals surface area contributed by atoms with Gasteiger partial charge in [0.05, 0.1) is 22.8 Å². The Hall–Kier alpha value is -2.09. The first-order valence-corrected chi connectivity index (χ1v) is 10.4. The summed E-state index contributed by atoms with van der Waals surface area (Å²) in [5, 5.41) is 5.30. The summed E-state index contributed by atoms with van der Waals surface area (Å²) >= 11 is 0. The second-order valence-corrected chi connectivity index (χ2v) is 8.19. The number of hydrogen-bond acceptors (Lipinski definition) is 5. The molecule has 0 aromatic carbocycles. The number of hydrogen-bond donors (Lipinski definition) is 1. The number of likely N-dealkylation sites (tertiary alicyclic amines) is 1. The molecule has 1 amide bonds. The molecule has 170 valence electrons. The minimum absolute atomic E-state index is 0. The molecule has 4 heterocycles. The third-order valence-electron chi connectivity index (χ3n) is 5.76. The molecule has 0 spiro atoms. The Morgan fingerprint density at radius 3 is 2.61 bits per heavy atom. The van der Waals surface area contributed by atoms with Crippen molar-refractivity contribution < 1.29 is 9.21 Å². The SMILES string of the molecule is Cc1cc(-c2cc(C(=O)N3CCCCC3CN)c3cnn(C(C)C)c3n2)c(C)o1.Cl.Cl. The number of carbonyl (C=O) groups excluding carboxylic acids is 1. The quantitative estimate of drug-likeness (QED) is 0.600. The largest absolute Gasteiger partial charge is 0.466 e. The van der Waals surface area contributed by atoms with Gasteiger partial charge in [0, 0.05) is 30.7 Å². The van der Waals surface area contributed by atoms with Crippen LogP contribution in [0.2, 0.25) is 0 Å². The van der Waals surface area contributed by atoms with Crippen molar-refractivity contribution in [3.63, 3.8) is 0 Å². The molecule has 0 radical (unpaired) electrons. The number of nitrogens with zero attached hydrogens (tertiary/aromatic N) is 4. The Labute approximate surface area is 195 Å². The van der Waals surface area contributed by atoms with Crippen LogP contribution < -0.4 is 5.73 Å². The van der Waals surface area contributed by atoms with Crippen LogP contribution >= 0.6 is 24.8 Å². The van der Waals surface area contributed by atoms with Gasteiger partial charge in [0.2, 0.25) is 0 Å². The summed E-state index contributed by atoms with van der Waals surface area (Å²) < 4.78 is 7.59. The topological polar surface area (TPSA) is 90.2 Å². The van der Waals surface area contributed by atoms with Gasteiger partial charge < -0.3 is 15.1 Å². The number of furan rings is 1. The highest BCUT2D eigenvalue weighted by Gasteiger charge is 2.29. The fraction of sp³-hybridized carbons (Fsp3) is 0.500. The van der Waals surface area contributed by atoms with Gasteiger partial charge in [-0.05, 0) is 59.1 Å². The predicted octanol–water partition coefficient (Wildman–Crippen LogP) is 4.69. The van der Waals surface area contributed by atoms with Crippen LogP contribution in [0.15, 0.2) is 22.7 Å². The van der Waals surface area contributed by atoms with Gasteiger partial charge in [0.1, 0.15) is 11.5 Å². The minimum atomic E-state index is 0. The number of carbonyl (C=O) groups is 1. The van der Waals surface area contributed by atoms with E-state index >= 15 is 0 Å². The second-order valence-electron chi connectivity index (χ2n) is 8.19. The third kappa shape index (κ3) is 4.59. The smallest absolute Gasteiger partial charge is 0.255 e. The zero-order chi connectivity index (χ0) is 20.7. The number of pyridine rings is 1. The van der Waals surface area contributed by atoms with Gasteiger partial charge in [-0.1, -0.05) is 0 Å². The summed E-state index contributed by atoms with van der Waals surface area (Å²) in [6, 6.07) is 4.08. The number of aromatic nitrogens is 3. The van der Waals surface area contributed by atoms with Gasteiger partial charge in [-0.2, -0.15) is 5.10 Å². The van der Waals surface area contributed by atoms with Crippen LogP contribution in [0.1, 0.15) is 61.0 Å². The maximum atomic E-state index is 13.6. The molecular formula is C22H31Cl2N5O2. The maximum absolute atomic E-state index is 13.6. The molecule has 7 nitrogen and oxygen atoms in total. The van der Waals surface area contributed by atoms with E-state index in [1.807, 2.05) is 35.6 Å². The van der Waals surface area contributed by atoms with E-state index in [0.29, 0.717) is 12.1 Å². The van der Waals surface area contributed by atoms with Gasteiger partial charge in [0.15, 0.2) is 5.65 Å². The molecule has 1 unspecified atom stereocenters. The van der Waals surface area contributed by atoms with Crippen LogP contribution in [0, 0.1) is 13.8 Å². The van der Waals surface area contributed by atoms with Gasteiger partial charge in [-0.3, -0.25) is 4.79 Å². The molecule has 1 fully saturated rings. The fourth-order valence-electron chi connectivity index (χ4n) is 4.26. The van der Waals surface area contributed by atoms with E-state index in [1.165, 1.54) is 0 Å². The van der Waals surface area contributed by atoms with Gasteiger partial charge in [-0.15, -0.1) is 24.8 Å². The molecule has 2 N–H and O–H groups in total. The van der Waals surface area contributed by atoms with Crippen LogP contribution in [0.3, 0.4) is 0 Å². The highest BCUT2D eigenvalue weighted by atomic mass is 35.5. The summed E-state index contributed by atoms with van der Waals surface area (Å²) in [6.07, 6.45) is 4.83. The molecule has 1 aliphatic heterocycles. The van der Waals surface area contributed by atoms with Crippen LogP contribution in [0.5, 0.6) is 0 Å². The molecule has 4 rings (SSSR count). The van der Waals surface area contributed by atoms with Gasteiger partial charge >= 0.3 is 0 Å². The number of amides is 1. The highest BCUT2D eigenvalue weighted by molar-refractivity contribution is 6.06. The van der Waals surface area contributed by atoms with Crippen molar-refractivity contribution >= 4 is 41.8 Å². The first kappa shape index (κ1) is 25.2. The van der Waals surface area contributed by atoms with Crippen molar-refractivity contribution in [2.45, 2.75) is 59.0 Å². The first-order chi connectivity index (χ1) is 13.9. The molecule has 0 saturated carbocycles. The second kappa shape index (κ2) is 10.0. The maximum Gasteiger partial charge on any atom is 0.255 e. The van der Waals surface area contributed by atoms with Gasteiger partial charge in [-0.25, -0.2) is 9.67 Å². The predicted molar refractivity (Wildman–Crippen MR) is 127 cm³/mol. The molecule has 3 aromatic heterocycles. The first-order valence-electron chi connectivity index (χ1n) is 10.4. The summed E-state index contributed by atoms with van der Waals surface area (Å²) in [5.74, 6) is 1.63. The van der Waals surface area contributed by atoms with Crippen LogP contribution in [0.4, 0.5) is 0 Å². The lowest BCUT2D eigenvalue weighted by atomic mass is 9.99. The Balaban J connectivity index is 0.00000171. The van der Waals surface area contributed by atoms with Crippen LogP contribution in [0.25, 0.3) is 22.3 Å². The van der Waals surface area contributed by atoms with Crippen molar-refractivity contribution in [3.8, 4) is 11.3 Å². The van der Waals surface area contributed by atoms with Gasteiger partial charge in [0.25, 0.3) is 5.91 Å². The average molecular weight is 468 g/mol. The Kier molecular flexibility index (Phi) is 8.14. The molecule has 9 heteroatoms. The van der Waals surface area contributed by atoms with E-state index in [2.05, 4.69) is 18.9 Å². The number of aryl methyl sites for hydroxylation is 2. The summed E-state index contributed by atoms with van der Waals surface area (Å²) in [4.78, 5) is 20.4. The molecule has 0 bridgehead atoms. The lowest BCUT2D eigenvalue weighted by Gasteiger charge is -2.35. The number of nitrogens with two attached hydrogens (primary N) is 1. The molecule has 0 aliphatic carbocycles. The van der Waals surface area contributed by atoms with E-state index in [4.69, 9.17) is 15.1 Å². The molecule has 1 aliphatic rings. The summed E-state index contributed by atoms with van der Waals surface area (Å²) in [7, 11) is 0. The zero-order valence-electron chi connectivity index (χ0n) is 18.4. The van der Waals surface area contributed by atoms with E-state index in [9.17, 15) is 4.79 Å². The lowest BCUT2D eigenvalue weighted by Crippen LogP contribution is -2.47. The Morgan fingerprint density at radius 1 is 1.26 bits per heavy atom. The Morgan fingerprint density at radius 2 is 2.00 bits per heavy atom. The van der Waals surface area contributed by atoms with E-state index in [0.717, 1.165) is 59.6 Å². The van der Waals surface area contributed by atoms with E-state index < -0.39 is 0 Å². The van der Waals surface area contributed by atoms with Crippen molar-refractivity contribution in [2.75, 3.05) is 13.1 Å². The molecular weight excluding hydrogens is 437 g/mol. The number of piperidine rings is 1. The van der Waals surface area contributed by atoms with E-state index in [-0.39, 0.29) is 42.8 Å². The molecule has 1 saturated heterocycles. The normalized spacial score (nSPS) is 16.3. The van der Waals surface area contributed by atoms with Crippen LogP contribution in [-0.4, -0.2) is 44.7 Å². The number of halogens is 2. The Bertz CT molecular complexity index is 1060. The molecule has 1 atom stereocenters. The third-order valence-corrected chi connectivity index (χ3v) is 5.76. The van der Waals surface area contributed by atoms with Crippen molar-refractivity contribution in [3.05, 3.63) is 35.4 Å². The van der Waals surface area contributed by atoms with Crippen molar-refractivity contribution in [1.29, 1.82) is 0 Å². The lowest BCUT2D eigenvalue weighted by molar-refractivity contribution is 0.0625. The number of rotatable bonds is 4. The van der Waals surface area contributed by atoms with Crippen molar-refractivity contribution in [2.24, 2.45) is 5.73 Å². The number of fused-ring (bicyclic) bond motifs is 1. The molecule has 3 aromatic rings. The standard InChI is InChI=1S/C22H29N5O2.2ClH/c1-13(2)27-21-19(12-24-27)18(22(28)26-8-6-5-7-16(26)11-23)10-20(25-21)17-9-14(3)29-15(17)4;;/h9-10,12-13,16H,5-8,11,23H2,1-4H3;2*1H. The van der Waals surface area contributed by atoms with Crippen molar-refractivity contribution in [1.82, 2.24) is 19.7 Å². The summed E-state index contributed by atoms with van der Waals surface area (Å²) in [6.45, 7) is 9.18.